The monoisotopic (exact) mass is 485 g/mol. The van der Waals surface area contributed by atoms with Gasteiger partial charge >= 0.3 is 17.9 Å². The Bertz CT molecular complexity index is 1220. The van der Waals surface area contributed by atoms with Gasteiger partial charge in [-0.15, -0.1) is 11.3 Å². The summed E-state index contributed by atoms with van der Waals surface area (Å²) in [4.78, 5) is 39.0. The SMILES string of the molecule is CC(=O)Oc1ccccc1C(=O)Oc1cc2c(s1)CCN(C(C(=O)O)c1ccccc1Cl)C2. The van der Waals surface area contributed by atoms with Crippen molar-refractivity contribution >= 4 is 40.8 Å². The number of hydrogen-bond donors (Lipinski definition) is 1. The van der Waals surface area contributed by atoms with Crippen LogP contribution < -0.4 is 9.47 Å². The maximum atomic E-state index is 12.7. The Hall–Kier alpha value is -3.20. The van der Waals surface area contributed by atoms with Gasteiger partial charge in [-0.05, 0) is 41.8 Å². The van der Waals surface area contributed by atoms with Crippen LogP contribution in [-0.4, -0.2) is 34.5 Å². The summed E-state index contributed by atoms with van der Waals surface area (Å²) >= 11 is 7.62. The molecule has 9 heteroatoms. The number of nitrogens with zero attached hydrogens (tertiary/aromatic N) is 1. The second kappa shape index (κ2) is 9.74. The molecule has 0 aliphatic carbocycles. The number of carbonyl (C=O) groups is 3. The first-order valence-corrected chi connectivity index (χ1v) is 11.4. The molecule has 1 N–H and O–H groups in total. The highest BCUT2D eigenvalue weighted by atomic mass is 35.5. The zero-order valence-electron chi connectivity index (χ0n) is 17.6. The molecule has 0 saturated carbocycles. The van der Waals surface area contributed by atoms with Gasteiger partial charge in [-0.25, -0.2) is 4.79 Å². The van der Waals surface area contributed by atoms with Crippen LogP contribution in [0.3, 0.4) is 0 Å². The summed E-state index contributed by atoms with van der Waals surface area (Å²) in [5, 5.41) is 10.7. The van der Waals surface area contributed by atoms with E-state index in [1.165, 1.54) is 30.4 Å². The standard InChI is InChI=1S/C24H20ClNO6S/c1-14(27)31-19-9-5-3-7-17(19)24(30)32-21-12-15-13-26(11-10-20(15)33-21)22(23(28)29)16-6-2-4-8-18(16)25/h2-9,12,22H,10-11,13H2,1H3,(H,28,29). The highest BCUT2D eigenvalue weighted by Crippen LogP contribution is 2.38. The molecular weight excluding hydrogens is 466 g/mol. The second-order valence-electron chi connectivity index (χ2n) is 7.48. The summed E-state index contributed by atoms with van der Waals surface area (Å²) in [7, 11) is 0. The molecule has 2 heterocycles. The number of rotatable bonds is 6. The minimum absolute atomic E-state index is 0.131. The van der Waals surface area contributed by atoms with Crippen molar-refractivity contribution in [3.63, 3.8) is 0 Å². The van der Waals surface area contributed by atoms with Gasteiger partial charge in [0, 0.05) is 29.9 Å². The van der Waals surface area contributed by atoms with Crippen LogP contribution in [0.5, 0.6) is 10.8 Å². The van der Waals surface area contributed by atoms with Gasteiger partial charge in [-0.1, -0.05) is 41.9 Å². The molecule has 170 valence electrons. The van der Waals surface area contributed by atoms with Crippen LogP contribution >= 0.6 is 22.9 Å². The lowest BCUT2D eigenvalue weighted by Crippen LogP contribution is -2.37. The van der Waals surface area contributed by atoms with Crippen LogP contribution in [-0.2, 0) is 22.6 Å². The molecule has 7 nitrogen and oxygen atoms in total. The summed E-state index contributed by atoms with van der Waals surface area (Å²) in [5.41, 5.74) is 1.59. The third-order valence-electron chi connectivity index (χ3n) is 5.23. The Morgan fingerprint density at radius 1 is 1.09 bits per heavy atom. The van der Waals surface area contributed by atoms with Crippen molar-refractivity contribution in [3.8, 4) is 10.8 Å². The topological polar surface area (TPSA) is 93.1 Å². The van der Waals surface area contributed by atoms with Gasteiger partial charge in [0.05, 0.1) is 0 Å². The van der Waals surface area contributed by atoms with E-state index in [2.05, 4.69) is 0 Å². The Balaban J connectivity index is 1.53. The van der Waals surface area contributed by atoms with Gasteiger partial charge in [-0.3, -0.25) is 14.5 Å². The molecule has 0 amide bonds. The fourth-order valence-corrected chi connectivity index (χ4v) is 5.05. The first kappa shape index (κ1) is 23.0. The quantitative estimate of drug-likeness (QED) is 0.398. The van der Waals surface area contributed by atoms with Gasteiger partial charge in [0.1, 0.15) is 17.4 Å². The normalized spacial score (nSPS) is 14.2. The predicted molar refractivity (Wildman–Crippen MR) is 123 cm³/mol. The first-order valence-electron chi connectivity index (χ1n) is 10.2. The van der Waals surface area contributed by atoms with Crippen molar-refractivity contribution in [3.05, 3.63) is 81.2 Å². The number of benzene rings is 2. The lowest BCUT2D eigenvalue weighted by atomic mass is 10.0. The van der Waals surface area contributed by atoms with Gasteiger partial charge in [0.25, 0.3) is 0 Å². The summed E-state index contributed by atoms with van der Waals surface area (Å²) in [5.74, 6) is -2.02. The Labute approximate surface area is 199 Å². The van der Waals surface area contributed by atoms with E-state index < -0.39 is 23.9 Å². The number of carboxylic acid groups (broad SMARTS) is 1. The fraction of sp³-hybridized carbons (Fsp3) is 0.208. The van der Waals surface area contributed by atoms with E-state index in [0.29, 0.717) is 35.2 Å². The number of thiophene rings is 1. The smallest absolute Gasteiger partial charge is 0.348 e. The third kappa shape index (κ3) is 5.08. The van der Waals surface area contributed by atoms with E-state index in [1.807, 2.05) is 4.90 Å². The molecule has 0 bridgehead atoms. The number of carboxylic acids is 1. The van der Waals surface area contributed by atoms with Crippen LogP contribution in [0, 0.1) is 0 Å². The van der Waals surface area contributed by atoms with E-state index in [1.54, 1.807) is 42.5 Å². The number of ether oxygens (including phenoxy) is 2. The molecule has 1 atom stereocenters. The molecule has 3 aromatic rings. The number of aliphatic carboxylic acids is 1. The van der Waals surface area contributed by atoms with Crippen molar-refractivity contribution < 1.29 is 29.0 Å². The second-order valence-corrected chi connectivity index (χ2v) is 8.98. The molecule has 0 fully saturated rings. The average molecular weight is 486 g/mol. The van der Waals surface area contributed by atoms with Gasteiger partial charge in [0.2, 0.25) is 0 Å². The highest BCUT2D eigenvalue weighted by molar-refractivity contribution is 7.14. The molecule has 1 aromatic heterocycles. The Morgan fingerprint density at radius 3 is 2.55 bits per heavy atom. The number of esters is 2. The van der Waals surface area contributed by atoms with Crippen molar-refractivity contribution in [1.82, 2.24) is 4.90 Å². The fourth-order valence-electron chi connectivity index (χ4n) is 3.81. The van der Waals surface area contributed by atoms with Crippen molar-refractivity contribution in [1.29, 1.82) is 0 Å². The van der Waals surface area contributed by atoms with Crippen LogP contribution in [0.1, 0.15) is 39.3 Å². The number of halogens is 1. The van der Waals surface area contributed by atoms with E-state index in [9.17, 15) is 19.5 Å². The number of fused-ring (bicyclic) bond motifs is 1. The molecule has 0 saturated heterocycles. The van der Waals surface area contributed by atoms with E-state index in [4.69, 9.17) is 21.1 Å². The maximum absolute atomic E-state index is 12.7. The first-order chi connectivity index (χ1) is 15.8. The summed E-state index contributed by atoms with van der Waals surface area (Å²) < 4.78 is 10.6. The van der Waals surface area contributed by atoms with Crippen molar-refractivity contribution in [2.75, 3.05) is 6.54 Å². The summed E-state index contributed by atoms with van der Waals surface area (Å²) in [6, 6.07) is 14.2. The number of hydrogen-bond acceptors (Lipinski definition) is 7. The molecule has 4 rings (SSSR count). The lowest BCUT2D eigenvalue weighted by Gasteiger charge is -2.32. The Morgan fingerprint density at radius 2 is 1.82 bits per heavy atom. The zero-order chi connectivity index (χ0) is 23.5. The third-order valence-corrected chi connectivity index (χ3v) is 6.69. The molecule has 1 aliphatic rings. The maximum Gasteiger partial charge on any atom is 0.348 e. The molecule has 1 unspecified atom stereocenters. The average Bonchev–Trinajstić information content (AvgIpc) is 3.16. The van der Waals surface area contributed by atoms with Crippen LogP contribution in [0.15, 0.2) is 54.6 Å². The van der Waals surface area contributed by atoms with E-state index >= 15 is 0 Å². The predicted octanol–water partition coefficient (Wildman–Crippen LogP) is 4.73. The summed E-state index contributed by atoms with van der Waals surface area (Å²) in [6.07, 6.45) is 0.621. The van der Waals surface area contributed by atoms with Crippen LogP contribution in [0.4, 0.5) is 0 Å². The van der Waals surface area contributed by atoms with E-state index in [0.717, 1.165) is 10.4 Å². The molecule has 33 heavy (non-hydrogen) atoms. The Kier molecular flexibility index (Phi) is 6.78. The molecule has 1 aliphatic heterocycles. The molecule has 0 spiro atoms. The lowest BCUT2D eigenvalue weighted by molar-refractivity contribution is -0.144. The van der Waals surface area contributed by atoms with Gasteiger partial charge < -0.3 is 14.6 Å². The zero-order valence-corrected chi connectivity index (χ0v) is 19.2. The van der Waals surface area contributed by atoms with E-state index in [-0.39, 0.29) is 11.3 Å². The van der Waals surface area contributed by atoms with Crippen molar-refractivity contribution in [2.24, 2.45) is 0 Å². The number of carbonyl (C=O) groups excluding carboxylic acids is 2. The molecule has 0 radical (unpaired) electrons. The van der Waals surface area contributed by atoms with Crippen LogP contribution in [0.2, 0.25) is 5.02 Å². The number of para-hydroxylation sites is 1. The van der Waals surface area contributed by atoms with Gasteiger partial charge in [-0.2, -0.15) is 0 Å². The highest BCUT2D eigenvalue weighted by Gasteiger charge is 2.32. The largest absolute Gasteiger partial charge is 0.480 e. The van der Waals surface area contributed by atoms with Gasteiger partial charge in [0.15, 0.2) is 5.06 Å². The minimum Gasteiger partial charge on any atom is -0.480 e. The van der Waals surface area contributed by atoms with Crippen molar-refractivity contribution in [2.45, 2.75) is 25.9 Å². The molecule has 2 aromatic carbocycles. The van der Waals surface area contributed by atoms with Crippen LogP contribution in [0.25, 0.3) is 0 Å². The molecular formula is C24H20ClNO6S. The minimum atomic E-state index is -0.976. The summed E-state index contributed by atoms with van der Waals surface area (Å²) in [6.45, 7) is 2.17.